The first-order valence-electron chi connectivity index (χ1n) is 24.5. The van der Waals surface area contributed by atoms with E-state index in [1.165, 1.54) is 41.1 Å². The predicted octanol–water partition coefficient (Wildman–Crippen LogP) is 0.0458. The van der Waals surface area contributed by atoms with E-state index in [1.807, 2.05) is 0 Å². The number of nitrogens with one attached hydrogen (secondary N) is 8. The number of nitrogens with zero attached hydrogens (tertiary/aromatic N) is 2. The molecular weight excluding hydrogens is 1010 g/mol. The molecule has 0 unspecified atom stereocenters. The summed E-state index contributed by atoms with van der Waals surface area (Å²) in [5.41, 5.74) is 2.32. The number of hydrogen-bond acceptors (Lipinski definition) is 20. The van der Waals surface area contributed by atoms with Crippen LogP contribution in [-0.4, -0.2) is 171 Å². The zero-order valence-electron chi connectivity index (χ0n) is 43.4. The predicted molar refractivity (Wildman–Crippen MR) is 279 cm³/mol. The van der Waals surface area contributed by atoms with E-state index in [4.69, 9.17) is 37.9 Å². The van der Waals surface area contributed by atoms with E-state index in [0.717, 1.165) is 11.1 Å². The molecule has 28 nitrogen and oxygen atoms in total. The zero-order chi connectivity index (χ0) is 56.1. The second kappa shape index (κ2) is 26.8. The molecule has 412 valence electrons. The van der Waals surface area contributed by atoms with Crippen molar-refractivity contribution in [1.82, 2.24) is 31.7 Å². The number of guanidine groups is 2. The van der Waals surface area contributed by atoms with E-state index in [2.05, 4.69) is 52.2 Å². The molecule has 6 rings (SSSR count). The Bertz CT molecular complexity index is 2390. The van der Waals surface area contributed by atoms with Crippen LogP contribution in [0.5, 0.6) is 0 Å². The summed E-state index contributed by atoms with van der Waals surface area (Å²) in [6.07, 6.45) is -7.73. The van der Waals surface area contributed by atoms with E-state index in [1.54, 1.807) is 74.5 Å². The fourth-order valence-corrected chi connectivity index (χ4v) is 8.62. The van der Waals surface area contributed by atoms with Crippen molar-refractivity contribution in [3.05, 3.63) is 83.3 Å². The van der Waals surface area contributed by atoms with Gasteiger partial charge in [-0.1, -0.05) is 24.3 Å². The summed E-state index contributed by atoms with van der Waals surface area (Å²) in [4.78, 5) is 84.8. The van der Waals surface area contributed by atoms with E-state index in [9.17, 15) is 48.9 Å². The maximum atomic E-state index is 13.6. The van der Waals surface area contributed by atoms with E-state index in [-0.39, 0.29) is 25.1 Å². The van der Waals surface area contributed by atoms with Crippen molar-refractivity contribution < 1.29 is 86.8 Å². The first kappa shape index (κ1) is 58.4. The van der Waals surface area contributed by atoms with Crippen LogP contribution in [-0.2, 0) is 53.9 Å². The van der Waals surface area contributed by atoms with Crippen molar-refractivity contribution in [3.63, 3.8) is 0 Å². The van der Waals surface area contributed by atoms with Gasteiger partial charge >= 0.3 is 52.7 Å². The minimum atomic E-state index is -1.36. The van der Waals surface area contributed by atoms with Gasteiger partial charge in [-0.25, -0.2) is 19.2 Å². The molecule has 0 radical (unpaired) electrons. The largest absolute Gasteiger partial charge is 0.508 e. The third-order valence-corrected chi connectivity index (χ3v) is 11.5. The van der Waals surface area contributed by atoms with Gasteiger partial charge in [-0.3, -0.25) is 30.0 Å². The molecule has 77 heavy (non-hydrogen) atoms. The maximum absolute atomic E-state index is 13.6. The van der Waals surface area contributed by atoms with Crippen LogP contribution in [0, 0.1) is 0 Å². The summed E-state index contributed by atoms with van der Waals surface area (Å²) < 4.78 is 44.9. The Labute approximate surface area is 444 Å². The average molecular weight is 1070 g/mol. The lowest BCUT2D eigenvalue weighted by Gasteiger charge is -2.41. The van der Waals surface area contributed by atoms with Crippen LogP contribution in [0.3, 0.4) is 0 Å². The Balaban J connectivity index is 1.11. The highest BCUT2D eigenvalue weighted by Crippen LogP contribution is 2.30. The fourth-order valence-electron chi connectivity index (χ4n) is 8.62. The van der Waals surface area contributed by atoms with Crippen LogP contribution in [0.1, 0.15) is 38.8 Å². The molecule has 0 bridgehead atoms. The van der Waals surface area contributed by atoms with Crippen LogP contribution < -0.4 is 42.4 Å². The number of rotatable bonds is 18. The van der Waals surface area contributed by atoms with Gasteiger partial charge in [0, 0.05) is 25.2 Å². The molecule has 4 amide bonds. The smallest absolute Gasteiger partial charge is 0.489 e. The summed E-state index contributed by atoms with van der Waals surface area (Å²) >= 11 is 0. The number of ether oxygens (including phenoxy) is 8. The zero-order valence-corrected chi connectivity index (χ0v) is 43.4. The van der Waals surface area contributed by atoms with Crippen LogP contribution in [0.4, 0.5) is 30.6 Å². The molecule has 0 aliphatic carbocycles. The van der Waals surface area contributed by atoms with Gasteiger partial charge in [0.25, 0.3) is 0 Å². The lowest BCUT2D eigenvalue weighted by Crippen LogP contribution is -2.65. The number of allylic oxidation sites excluding steroid dienone is 2. The maximum Gasteiger partial charge on any atom is 0.508 e. The Morgan fingerprint density at radius 3 is 1.26 bits per heavy atom. The van der Waals surface area contributed by atoms with Gasteiger partial charge in [-0.05, 0) is 95.1 Å². The Morgan fingerprint density at radius 1 is 0.597 bits per heavy atom. The minimum Gasteiger partial charge on any atom is -0.489 e. The number of carbonyl (C=O) groups excluding carboxylic acids is 6. The molecule has 2 fully saturated rings. The molecule has 0 aromatic heterocycles. The SMILES string of the molecule is CB(O)N=C(NB(C)O)N[C@H]1C=C(C)O[C@@H]([C@H](OC(=O)Nc2ccc(Cc3ccc(NC(=O)O[C@@H]([C@@H]4OC(C)=C[C@H](NC(=NB(C)O)NB(C)O)[C@H]4NC(C)=O)[C@H]4COC(=O)O4)cc3)cc2)[C@H]2COC(=O)O2)[C@@H]1NC(C)=O. The Kier molecular flexibility index (Phi) is 20.3. The topological polar surface area (TPSA) is 378 Å². The first-order valence-corrected chi connectivity index (χ1v) is 24.5. The molecule has 2 aromatic carbocycles. The summed E-state index contributed by atoms with van der Waals surface area (Å²) in [6.45, 7) is 10.8. The number of cyclic esters (lactones) is 4. The summed E-state index contributed by atoms with van der Waals surface area (Å²) in [6, 6.07) is 9.91. The number of carbonyl (C=O) groups is 6. The van der Waals surface area contributed by atoms with Crippen molar-refractivity contribution in [1.29, 1.82) is 0 Å². The van der Waals surface area contributed by atoms with Crippen molar-refractivity contribution in [2.45, 2.75) is 122 Å². The molecule has 12 N–H and O–H groups in total. The quantitative estimate of drug-likeness (QED) is 0.0308. The second-order valence-electron chi connectivity index (χ2n) is 18.4. The van der Waals surface area contributed by atoms with Gasteiger partial charge in [-0.2, -0.15) is 0 Å². The van der Waals surface area contributed by atoms with Gasteiger partial charge in [-0.15, -0.1) is 0 Å². The van der Waals surface area contributed by atoms with Gasteiger partial charge in [0.1, 0.15) is 13.2 Å². The molecule has 4 aliphatic heterocycles. The van der Waals surface area contributed by atoms with Gasteiger partial charge in [0.05, 0.1) is 35.7 Å². The lowest BCUT2D eigenvalue weighted by atomic mass is 9.87. The van der Waals surface area contributed by atoms with Crippen molar-refractivity contribution in [2.75, 3.05) is 23.8 Å². The molecule has 4 aliphatic rings. The van der Waals surface area contributed by atoms with Gasteiger partial charge in [0.15, 0.2) is 48.5 Å². The highest BCUT2D eigenvalue weighted by atomic mass is 16.8. The molecule has 32 heteroatoms. The number of amides is 4. The standard InChI is InChI=1S/C45H62B4N10O18/c1-22-17-30(54-40(56-46(5)66)57-47(6)67)34(50-24(3)60)38(72-22)36(32-20-70-44(64)74-32)76-42(62)52-28-13-9-26(10-14-28)19-27-11-15-29(16-12-27)53-43(63)77-37(33-21-71-45(65)75-33)39-35(51-25(4)61)31(18-23(2)73-39)55-41(58-48(7)68)59-49(8)69/h9-18,30-39,66-69H,19-21H2,1-8H3,(H,50,60)(H,51,61)(H,52,62)(H,53,63)(H2,54,56,57)(H2,55,58,59)/t30-,31-,32+,33+,34+,35+,36+,37+,38+,39+/m0/s1. The monoisotopic (exact) mass is 1070 g/mol. The van der Waals surface area contributed by atoms with Crippen molar-refractivity contribution in [3.8, 4) is 0 Å². The van der Waals surface area contributed by atoms with Crippen LogP contribution in [0.15, 0.2) is 82.0 Å². The van der Waals surface area contributed by atoms with Gasteiger partial charge < -0.3 is 89.7 Å². The number of benzene rings is 2. The lowest BCUT2D eigenvalue weighted by molar-refractivity contribution is -0.125. The van der Waals surface area contributed by atoms with Crippen LogP contribution in [0.25, 0.3) is 0 Å². The summed E-state index contributed by atoms with van der Waals surface area (Å²) in [5.74, 6) is -0.366. The third-order valence-electron chi connectivity index (χ3n) is 11.5. The second-order valence-corrected chi connectivity index (χ2v) is 18.4. The molecule has 2 saturated heterocycles. The Hall–Kier alpha value is -7.82. The number of hydrogen-bond donors (Lipinski definition) is 12. The van der Waals surface area contributed by atoms with Crippen molar-refractivity contribution >= 4 is 87.8 Å². The van der Waals surface area contributed by atoms with Crippen molar-refractivity contribution in [2.24, 2.45) is 9.81 Å². The van der Waals surface area contributed by atoms with E-state index < -0.39 is 125 Å². The molecule has 2 aromatic rings. The Morgan fingerprint density at radius 2 is 0.961 bits per heavy atom. The molecule has 10 atom stereocenters. The average Bonchev–Trinajstić information content (AvgIpc) is 3.96. The third kappa shape index (κ3) is 17.6. The highest BCUT2D eigenvalue weighted by molar-refractivity contribution is 6.53. The van der Waals surface area contributed by atoms with Gasteiger partial charge in [0.2, 0.25) is 11.8 Å². The van der Waals surface area contributed by atoms with E-state index >= 15 is 0 Å². The number of anilines is 2. The highest BCUT2D eigenvalue weighted by Gasteiger charge is 2.51. The first-order chi connectivity index (χ1) is 36.5. The molecule has 0 saturated carbocycles. The molecular formula is C45H62B4N10O18. The van der Waals surface area contributed by atoms with Crippen LogP contribution >= 0.6 is 0 Å². The summed E-state index contributed by atoms with van der Waals surface area (Å²) in [7, 11) is -4.56. The normalized spacial score (nSPS) is 23.6. The molecule has 0 spiro atoms. The fraction of sp³-hybridized carbons (Fsp3) is 0.467. The van der Waals surface area contributed by atoms with E-state index in [0.29, 0.717) is 29.3 Å². The molecule has 4 heterocycles. The summed E-state index contributed by atoms with van der Waals surface area (Å²) in [5, 5.41) is 62.4. The minimum absolute atomic E-state index is 0.0211. The van der Waals surface area contributed by atoms with Crippen LogP contribution in [0.2, 0.25) is 27.3 Å².